The van der Waals surface area contributed by atoms with Gasteiger partial charge in [-0.05, 0) is 30.7 Å². The van der Waals surface area contributed by atoms with Gasteiger partial charge in [-0.1, -0.05) is 13.8 Å². The average Bonchev–Trinajstić information content (AvgIpc) is 2.26. The van der Waals surface area contributed by atoms with Crippen LogP contribution in [-0.4, -0.2) is 15.8 Å². The Labute approximate surface area is 89.8 Å². The number of hydrogen-bond donors (Lipinski definition) is 1. The van der Waals surface area contributed by atoms with E-state index in [9.17, 15) is 5.11 Å². The molecule has 1 aromatic rings. The zero-order chi connectivity index (χ0) is 10.4. The summed E-state index contributed by atoms with van der Waals surface area (Å²) in [6, 6.07) is 3.94. The molecule has 0 radical (unpaired) electrons. The summed E-state index contributed by atoms with van der Waals surface area (Å²) >= 11 is 1.80. The van der Waals surface area contributed by atoms with Gasteiger partial charge in [-0.3, -0.25) is 4.98 Å². The van der Waals surface area contributed by atoms with Crippen LogP contribution in [0.25, 0.3) is 0 Å². The molecule has 0 saturated heterocycles. The van der Waals surface area contributed by atoms with E-state index in [1.54, 1.807) is 11.8 Å². The lowest BCUT2D eigenvalue weighted by atomic mass is 10.2. The van der Waals surface area contributed by atoms with Crippen molar-refractivity contribution in [3.8, 4) is 0 Å². The number of pyridine rings is 1. The van der Waals surface area contributed by atoms with E-state index in [1.165, 1.54) is 11.3 Å². The van der Waals surface area contributed by atoms with E-state index in [1.807, 2.05) is 25.3 Å². The highest BCUT2D eigenvalue weighted by atomic mass is 32.2. The molecule has 0 aromatic carbocycles. The summed E-state index contributed by atoms with van der Waals surface area (Å²) in [4.78, 5) is 5.41. The fourth-order valence-electron chi connectivity index (χ4n) is 1.10. The van der Waals surface area contributed by atoms with Crippen molar-refractivity contribution in [2.24, 2.45) is 0 Å². The minimum Gasteiger partial charge on any atom is -0.387 e. The van der Waals surface area contributed by atoms with Crippen LogP contribution < -0.4 is 0 Å². The van der Waals surface area contributed by atoms with Crippen molar-refractivity contribution in [2.75, 3.05) is 5.75 Å². The fraction of sp³-hybridized carbons (Fsp3) is 0.545. The van der Waals surface area contributed by atoms with Crippen molar-refractivity contribution in [3.63, 3.8) is 0 Å². The number of rotatable bonds is 5. The van der Waals surface area contributed by atoms with Gasteiger partial charge in [0.25, 0.3) is 0 Å². The fourth-order valence-corrected chi connectivity index (χ4v) is 1.83. The van der Waals surface area contributed by atoms with Gasteiger partial charge in [-0.25, -0.2) is 0 Å². The number of aliphatic hydroxyl groups is 1. The number of hydrogen-bond acceptors (Lipinski definition) is 3. The highest BCUT2D eigenvalue weighted by Gasteiger charge is 2.05. The molecule has 0 unspecified atom stereocenters. The van der Waals surface area contributed by atoms with Crippen molar-refractivity contribution in [1.29, 1.82) is 0 Å². The predicted molar refractivity (Wildman–Crippen MR) is 60.5 cm³/mol. The molecule has 0 spiro atoms. The van der Waals surface area contributed by atoms with Gasteiger partial charge in [0, 0.05) is 11.1 Å². The van der Waals surface area contributed by atoms with Gasteiger partial charge in [0.1, 0.15) is 0 Å². The number of aliphatic hydroxyl groups excluding tert-OH is 1. The van der Waals surface area contributed by atoms with Crippen LogP contribution in [0.5, 0.6) is 0 Å². The lowest BCUT2D eigenvalue weighted by Crippen LogP contribution is -1.97. The van der Waals surface area contributed by atoms with E-state index in [0.717, 1.165) is 11.4 Å². The summed E-state index contributed by atoms with van der Waals surface area (Å²) in [5.41, 5.74) is 0.772. The van der Waals surface area contributed by atoms with E-state index >= 15 is 0 Å². The first-order valence-electron chi connectivity index (χ1n) is 5.04. The van der Waals surface area contributed by atoms with Crippen molar-refractivity contribution < 1.29 is 5.11 Å². The molecule has 1 atom stereocenters. The Hall–Kier alpha value is -0.540. The van der Waals surface area contributed by atoms with Gasteiger partial charge in [0.2, 0.25) is 0 Å². The van der Waals surface area contributed by atoms with Crippen LogP contribution in [-0.2, 0) is 0 Å². The molecule has 0 bridgehead atoms. The second-order valence-electron chi connectivity index (χ2n) is 3.19. The molecule has 1 N–H and O–H groups in total. The molecule has 0 aliphatic carbocycles. The monoisotopic (exact) mass is 211 g/mol. The summed E-state index contributed by atoms with van der Waals surface area (Å²) in [7, 11) is 0. The Kier molecular flexibility index (Phi) is 4.98. The Morgan fingerprint density at radius 2 is 2.21 bits per heavy atom. The minimum absolute atomic E-state index is 0.416. The minimum atomic E-state index is -0.416. The van der Waals surface area contributed by atoms with Gasteiger partial charge in [0.15, 0.2) is 0 Å². The van der Waals surface area contributed by atoms with Gasteiger partial charge >= 0.3 is 0 Å². The third-order valence-electron chi connectivity index (χ3n) is 1.96. The van der Waals surface area contributed by atoms with Crippen molar-refractivity contribution in [2.45, 2.75) is 37.7 Å². The van der Waals surface area contributed by atoms with Crippen LogP contribution in [0.4, 0.5) is 0 Å². The molecular weight excluding hydrogens is 194 g/mol. The molecular formula is C11H17NOS. The summed E-state index contributed by atoms with van der Waals surface area (Å²) in [5, 5.41) is 9.53. The lowest BCUT2D eigenvalue weighted by molar-refractivity contribution is 0.169. The lowest BCUT2D eigenvalue weighted by Gasteiger charge is -2.07. The molecule has 0 amide bonds. The third-order valence-corrected chi connectivity index (χ3v) is 3.15. The molecule has 14 heavy (non-hydrogen) atoms. The molecule has 1 rings (SSSR count). The number of thioether (sulfide) groups is 1. The number of nitrogens with zero attached hydrogens (tertiary/aromatic N) is 1. The normalized spacial score (nSPS) is 12.8. The molecule has 0 aliphatic rings. The van der Waals surface area contributed by atoms with E-state index in [-0.39, 0.29) is 0 Å². The Bertz CT molecular complexity index is 260. The first-order chi connectivity index (χ1) is 6.77. The van der Waals surface area contributed by atoms with Crippen LogP contribution in [0, 0.1) is 0 Å². The zero-order valence-electron chi connectivity index (χ0n) is 8.73. The van der Waals surface area contributed by atoms with Gasteiger partial charge in [-0.15, -0.1) is 11.8 Å². The largest absolute Gasteiger partial charge is 0.387 e. The van der Waals surface area contributed by atoms with E-state index in [2.05, 4.69) is 11.9 Å². The maximum atomic E-state index is 9.53. The summed E-state index contributed by atoms with van der Waals surface area (Å²) in [6.45, 7) is 4.11. The summed E-state index contributed by atoms with van der Waals surface area (Å²) in [6.07, 6.45) is 3.31. The third kappa shape index (κ3) is 3.31. The maximum absolute atomic E-state index is 9.53. The van der Waals surface area contributed by atoms with E-state index in [0.29, 0.717) is 6.42 Å². The van der Waals surface area contributed by atoms with Crippen LogP contribution in [0.1, 0.15) is 38.5 Å². The number of aromatic nitrogens is 1. The molecule has 1 aromatic heterocycles. The highest BCUT2D eigenvalue weighted by molar-refractivity contribution is 7.99. The Balaban J connectivity index is 2.59. The van der Waals surface area contributed by atoms with Crippen LogP contribution in [0.15, 0.2) is 23.2 Å². The van der Waals surface area contributed by atoms with Gasteiger partial charge in [0.05, 0.1) is 11.8 Å². The topological polar surface area (TPSA) is 33.1 Å². The SMILES string of the molecule is CCCSc1ccc([C@@H](O)CC)nc1. The summed E-state index contributed by atoms with van der Waals surface area (Å²) in [5.74, 6) is 1.12. The molecule has 78 valence electrons. The second-order valence-corrected chi connectivity index (χ2v) is 4.36. The Morgan fingerprint density at radius 3 is 2.71 bits per heavy atom. The predicted octanol–water partition coefficient (Wildman–Crippen LogP) is 3.03. The zero-order valence-corrected chi connectivity index (χ0v) is 9.55. The molecule has 3 heteroatoms. The first kappa shape index (κ1) is 11.5. The molecule has 2 nitrogen and oxygen atoms in total. The molecule has 1 heterocycles. The van der Waals surface area contributed by atoms with Gasteiger partial charge in [-0.2, -0.15) is 0 Å². The smallest absolute Gasteiger partial charge is 0.0957 e. The van der Waals surface area contributed by atoms with E-state index in [4.69, 9.17) is 0 Å². The average molecular weight is 211 g/mol. The standard InChI is InChI=1S/C11H17NOS/c1-3-7-14-9-5-6-10(12-8-9)11(13)4-2/h5-6,8,11,13H,3-4,7H2,1-2H3/t11-/m0/s1. The Morgan fingerprint density at radius 1 is 1.43 bits per heavy atom. The molecule has 0 fully saturated rings. The molecule has 0 aliphatic heterocycles. The maximum Gasteiger partial charge on any atom is 0.0957 e. The van der Waals surface area contributed by atoms with Crippen molar-refractivity contribution in [3.05, 3.63) is 24.0 Å². The summed E-state index contributed by atoms with van der Waals surface area (Å²) < 4.78 is 0. The molecule has 0 saturated carbocycles. The van der Waals surface area contributed by atoms with Crippen molar-refractivity contribution >= 4 is 11.8 Å². The second kappa shape index (κ2) is 6.04. The van der Waals surface area contributed by atoms with Crippen molar-refractivity contribution in [1.82, 2.24) is 4.98 Å². The highest BCUT2D eigenvalue weighted by Crippen LogP contribution is 2.20. The van der Waals surface area contributed by atoms with Crippen LogP contribution in [0.3, 0.4) is 0 Å². The first-order valence-corrected chi connectivity index (χ1v) is 6.03. The van der Waals surface area contributed by atoms with Gasteiger partial charge < -0.3 is 5.11 Å². The van der Waals surface area contributed by atoms with E-state index < -0.39 is 6.10 Å². The quantitative estimate of drug-likeness (QED) is 0.760. The van der Waals surface area contributed by atoms with Crippen LogP contribution >= 0.6 is 11.8 Å². The van der Waals surface area contributed by atoms with Crippen LogP contribution in [0.2, 0.25) is 0 Å².